The molecule has 3 amide bonds. The van der Waals surface area contributed by atoms with E-state index in [4.69, 9.17) is 9.72 Å². The molecule has 14 heteroatoms. The van der Waals surface area contributed by atoms with Crippen LogP contribution in [0.1, 0.15) is 105 Å². The number of hydrogen-bond donors (Lipinski definition) is 3. The molecule has 0 spiro atoms. The highest BCUT2D eigenvalue weighted by Crippen LogP contribution is 2.42. The standard InChI is InChI=1S/C39H43N7O5S2.2C3H8/c1-6-15-45(35(47)21-41-37(48)50-5)22-34-40-20-28(42-34)23-9-11-24(12-10-23)30-18-32-33(52-30)19-31(53-32)25-13-14-26-27(17-25)44-36(43-26)29-8-7-16-46(29)38(49)51-39(2,3)4;2*1-3-2/h9-14,17-20,29H,6-8,15-16,21-22H2,1-5H3,(H,40,42)(H,41,48)(H,43,44);2*3H2,1-2H3. The van der Waals surface area contributed by atoms with Crippen LogP contribution in [0.4, 0.5) is 9.59 Å². The van der Waals surface area contributed by atoms with Crippen molar-refractivity contribution in [3.8, 4) is 32.1 Å². The molecule has 2 aromatic carbocycles. The van der Waals surface area contributed by atoms with E-state index in [0.29, 0.717) is 25.5 Å². The Kier molecular flexibility index (Phi) is 15.7. The third kappa shape index (κ3) is 11.7. The molecule has 1 atom stereocenters. The van der Waals surface area contributed by atoms with Crippen LogP contribution in [-0.4, -0.2) is 80.2 Å². The van der Waals surface area contributed by atoms with Crippen molar-refractivity contribution in [1.29, 1.82) is 0 Å². The summed E-state index contributed by atoms with van der Waals surface area (Å²) >= 11 is 3.55. The Hall–Kier alpha value is -5.21. The molecule has 5 heterocycles. The minimum Gasteiger partial charge on any atom is -0.453 e. The lowest BCUT2D eigenvalue weighted by atomic mass is 10.1. The predicted octanol–water partition coefficient (Wildman–Crippen LogP) is 11.6. The SMILES string of the molecule is CCC.CCC.CCCN(Cc1ncc(-c2ccc(-c3cc4sc(-c5ccc6nc(C7CCCN7C(=O)OC(C)(C)C)[nH]c6c5)cc4s3)cc2)[nH]1)C(=O)CNC(=O)OC. The summed E-state index contributed by atoms with van der Waals surface area (Å²) in [7, 11) is 1.26. The second-order valence-electron chi connectivity index (χ2n) is 15.5. The Labute approximate surface area is 355 Å². The lowest BCUT2D eigenvalue weighted by Gasteiger charge is -2.27. The van der Waals surface area contributed by atoms with Crippen molar-refractivity contribution in [2.45, 2.75) is 106 Å². The second kappa shape index (κ2) is 20.7. The lowest BCUT2D eigenvalue weighted by molar-refractivity contribution is -0.130. The highest BCUT2D eigenvalue weighted by Gasteiger charge is 2.35. The minimum absolute atomic E-state index is 0.125. The van der Waals surface area contributed by atoms with Crippen LogP contribution in [0.25, 0.3) is 52.6 Å². The van der Waals surface area contributed by atoms with Crippen LogP contribution >= 0.6 is 22.7 Å². The minimum atomic E-state index is -0.639. The van der Waals surface area contributed by atoms with Gasteiger partial charge in [0.1, 0.15) is 23.8 Å². The van der Waals surface area contributed by atoms with E-state index >= 15 is 0 Å². The smallest absolute Gasteiger partial charge is 0.410 e. The number of carbonyl (C=O) groups excluding carboxylic acids is 3. The predicted molar refractivity (Wildman–Crippen MR) is 241 cm³/mol. The zero-order chi connectivity index (χ0) is 42.7. The molecule has 7 rings (SSSR count). The average Bonchev–Trinajstić information content (AvgIpc) is 4.05. The first kappa shape index (κ1) is 44.9. The highest BCUT2D eigenvalue weighted by atomic mass is 32.1. The number of methoxy groups -OCH3 is 1. The quantitative estimate of drug-likeness (QED) is 0.124. The van der Waals surface area contributed by atoms with Crippen molar-refractivity contribution in [3.05, 3.63) is 72.4 Å². The van der Waals surface area contributed by atoms with E-state index < -0.39 is 11.7 Å². The Morgan fingerprint density at radius 1 is 0.898 bits per heavy atom. The average molecular weight is 842 g/mol. The van der Waals surface area contributed by atoms with Crippen molar-refractivity contribution in [1.82, 2.24) is 35.1 Å². The molecular formula is C45H59N7O5S2. The first-order valence-electron chi connectivity index (χ1n) is 20.6. The number of hydrogen-bond acceptors (Lipinski definition) is 9. The van der Waals surface area contributed by atoms with Crippen LogP contribution in [0.2, 0.25) is 0 Å². The number of imidazole rings is 2. The number of carbonyl (C=O) groups is 3. The summed E-state index contributed by atoms with van der Waals surface area (Å²) in [6, 6.07) is 19.1. The van der Waals surface area contributed by atoms with Crippen molar-refractivity contribution in [2.24, 2.45) is 0 Å². The normalized spacial score (nSPS) is 13.7. The summed E-state index contributed by atoms with van der Waals surface area (Å²) in [6.45, 7) is 17.5. The number of thiophene rings is 2. The summed E-state index contributed by atoms with van der Waals surface area (Å²) in [5.41, 5.74) is 5.42. The Bertz CT molecular complexity index is 2270. The number of fused-ring (bicyclic) bond motifs is 2. The number of amides is 3. The molecule has 1 aliphatic heterocycles. The van der Waals surface area contributed by atoms with Crippen molar-refractivity contribution in [3.63, 3.8) is 0 Å². The molecule has 6 aromatic rings. The summed E-state index contributed by atoms with van der Waals surface area (Å²) in [5, 5.41) is 2.45. The van der Waals surface area contributed by atoms with Crippen LogP contribution in [0, 0.1) is 0 Å². The fourth-order valence-electron chi connectivity index (χ4n) is 6.53. The Balaban J connectivity index is 0.00000104. The fraction of sp³-hybridized carbons (Fsp3) is 0.444. The summed E-state index contributed by atoms with van der Waals surface area (Å²) < 4.78 is 12.7. The van der Waals surface area contributed by atoms with Crippen molar-refractivity contribution >= 4 is 61.2 Å². The van der Waals surface area contributed by atoms with E-state index in [2.05, 4.69) is 101 Å². The molecule has 0 bridgehead atoms. The number of rotatable bonds is 10. The number of H-pyrrole nitrogens is 2. The summed E-state index contributed by atoms with van der Waals surface area (Å²) in [4.78, 5) is 59.1. The van der Waals surface area contributed by atoms with Gasteiger partial charge >= 0.3 is 12.2 Å². The number of aromatic amines is 2. The van der Waals surface area contributed by atoms with Gasteiger partial charge in [-0.25, -0.2) is 19.6 Å². The van der Waals surface area contributed by atoms with Gasteiger partial charge in [-0.2, -0.15) is 0 Å². The zero-order valence-electron chi connectivity index (χ0n) is 35.9. The number of aromatic nitrogens is 4. The topological polar surface area (TPSA) is 146 Å². The number of benzene rings is 2. The van der Waals surface area contributed by atoms with Gasteiger partial charge in [0.25, 0.3) is 0 Å². The van der Waals surface area contributed by atoms with Gasteiger partial charge < -0.3 is 29.7 Å². The number of ether oxygens (including phenoxy) is 2. The van der Waals surface area contributed by atoms with Crippen LogP contribution in [0.3, 0.4) is 0 Å². The van der Waals surface area contributed by atoms with E-state index in [1.807, 2.05) is 33.8 Å². The van der Waals surface area contributed by atoms with Gasteiger partial charge in [0.15, 0.2) is 0 Å². The molecule has 1 saturated heterocycles. The lowest BCUT2D eigenvalue weighted by Crippen LogP contribution is -2.40. The molecule has 0 aliphatic carbocycles. The van der Waals surface area contributed by atoms with Crippen LogP contribution in [-0.2, 0) is 20.8 Å². The zero-order valence-corrected chi connectivity index (χ0v) is 37.5. The molecule has 0 radical (unpaired) electrons. The maximum absolute atomic E-state index is 12.9. The Morgan fingerprint density at radius 3 is 2.15 bits per heavy atom. The summed E-state index contributed by atoms with van der Waals surface area (Å²) in [5.74, 6) is 1.27. The molecule has 3 N–H and O–H groups in total. The molecule has 1 aliphatic rings. The van der Waals surface area contributed by atoms with Crippen LogP contribution in [0.5, 0.6) is 0 Å². The molecule has 0 saturated carbocycles. The molecule has 4 aromatic heterocycles. The Morgan fingerprint density at radius 2 is 1.53 bits per heavy atom. The van der Waals surface area contributed by atoms with Gasteiger partial charge in [-0.05, 0) is 81.0 Å². The first-order chi connectivity index (χ1) is 28.3. The third-order valence-electron chi connectivity index (χ3n) is 9.05. The second-order valence-corrected chi connectivity index (χ2v) is 17.7. The van der Waals surface area contributed by atoms with Gasteiger partial charge in [0.05, 0.1) is 42.6 Å². The van der Waals surface area contributed by atoms with Gasteiger partial charge in [-0.3, -0.25) is 9.69 Å². The van der Waals surface area contributed by atoms with Crippen LogP contribution < -0.4 is 5.32 Å². The molecular weight excluding hydrogens is 783 g/mol. The van der Waals surface area contributed by atoms with Crippen LogP contribution in [0.15, 0.2) is 60.8 Å². The fourth-order valence-corrected chi connectivity index (χ4v) is 8.93. The first-order valence-corrected chi connectivity index (χ1v) is 22.2. The maximum Gasteiger partial charge on any atom is 0.410 e. The van der Waals surface area contributed by atoms with Gasteiger partial charge in [-0.1, -0.05) is 77.8 Å². The number of likely N-dealkylation sites (tertiary alicyclic amines) is 1. The molecule has 316 valence electrons. The van der Waals surface area contributed by atoms with Gasteiger partial charge in [0.2, 0.25) is 5.91 Å². The van der Waals surface area contributed by atoms with E-state index in [1.165, 1.54) is 39.1 Å². The molecule has 12 nitrogen and oxygen atoms in total. The van der Waals surface area contributed by atoms with E-state index in [-0.39, 0.29) is 24.6 Å². The van der Waals surface area contributed by atoms with Crippen molar-refractivity contribution < 1.29 is 23.9 Å². The number of nitrogens with one attached hydrogen (secondary N) is 3. The van der Waals surface area contributed by atoms with E-state index in [0.717, 1.165) is 58.5 Å². The number of alkyl carbamates (subject to hydrolysis) is 1. The third-order valence-corrected chi connectivity index (χ3v) is 11.4. The number of nitrogens with zero attached hydrogens (tertiary/aromatic N) is 4. The van der Waals surface area contributed by atoms with E-state index in [9.17, 15) is 14.4 Å². The summed E-state index contributed by atoms with van der Waals surface area (Å²) in [6.07, 6.45) is 5.89. The molecule has 1 unspecified atom stereocenters. The highest BCUT2D eigenvalue weighted by molar-refractivity contribution is 7.31. The molecule has 1 fully saturated rings. The molecule has 59 heavy (non-hydrogen) atoms. The van der Waals surface area contributed by atoms with Crippen molar-refractivity contribution in [2.75, 3.05) is 26.7 Å². The van der Waals surface area contributed by atoms with Gasteiger partial charge in [0, 0.05) is 32.2 Å². The monoisotopic (exact) mass is 841 g/mol. The van der Waals surface area contributed by atoms with E-state index in [1.54, 1.807) is 38.7 Å². The largest absolute Gasteiger partial charge is 0.453 e. The van der Waals surface area contributed by atoms with Gasteiger partial charge in [-0.15, -0.1) is 22.7 Å². The maximum atomic E-state index is 12.9.